The smallest absolute Gasteiger partial charge is 0.274 e. The van der Waals surface area contributed by atoms with Gasteiger partial charge in [-0.3, -0.25) is 0 Å². The van der Waals surface area contributed by atoms with Gasteiger partial charge in [-0.2, -0.15) is 0 Å². The number of nitrogens with zero attached hydrogens (tertiary/aromatic N) is 1. The fourth-order valence-electron chi connectivity index (χ4n) is 1.59. The summed E-state index contributed by atoms with van der Waals surface area (Å²) in [5, 5.41) is 0. The Hall–Kier alpha value is -1.81. The van der Waals surface area contributed by atoms with E-state index in [2.05, 4.69) is 18.1 Å². The van der Waals surface area contributed by atoms with E-state index in [4.69, 9.17) is 8.84 Å². The zero-order chi connectivity index (χ0) is 13.0. The maximum Gasteiger partial charge on any atom is 0.274 e. The predicted molar refractivity (Wildman–Crippen MR) is 75.3 cm³/mol. The summed E-state index contributed by atoms with van der Waals surface area (Å²) in [6.45, 7) is 6.24. The fourth-order valence-corrected chi connectivity index (χ4v) is 2.20. The van der Waals surface area contributed by atoms with E-state index in [1.165, 1.54) is 0 Å². The van der Waals surface area contributed by atoms with Crippen molar-refractivity contribution in [1.29, 1.82) is 0 Å². The monoisotopic (exact) mass is 258 g/mol. The molecule has 0 fully saturated rings. The lowest BCUT2D eigenvalue weighted by molar-refractivity contribution is 0.560. The summed E-state index contributed by atoms with van der Waals surface area (Å²) in [6.07, 6.45) is 3.35. The number of furan rings is 1. The standard InChI is InChI=1S/C14H16NO2Si/c1-11-6-4-8-13(17-18(2)3)14(11)15-10-12-7-5-9-16-12/h4-10H,1-3H3. The second kappa shape index (κ2) is 5.69. The second-order valence-electron chi connectivity index (χ2n) is 4.21. The molecule has 0 N–H and O–H groups in total. The van der Waals surface area contributed by atoms with Crippen molar-refractivity contribution in [1.82, 2.24) is 0 Å². The van der Waals surface area contributed by atoms with Gasteiger partial charge in [0.1, 0.15) is 17.2 Å². The van der Waals surface area contributed by atoms with Crippen LogP contribution in [0.2, 0.25) is 13.1 Å². The lowest BCUT2D eigenvalue weighted by Gasteiger charge is -2.12. The number of rotatable bonds is 4. The Morgan fingerprint density at radius 1 is 1.22 bits per heavy atom. The van der Waals surface area contributed by atoms with Crippen LogP contribution < -0.4 is 4.43 Å². The Kier molecular flexibility index (Phi) is 3.99. The maximum absolute atomic E-state index is 5.85. The molecule has 0 aliphatic heterocycles. The lowest BCUT2D eigenvalue weighted by Crippen LogP contribution is -2.11. The van der Waals surface area contributed by atoms with Crippen molar-refractivity contribution in [2.45, 2.75) is 20.0 Å². The number of hydrogen-bond donors (Lipinski definition) is 0. The number of aliphatic imine (C=N–C) groups is 1. The molecule has 93 valence electrons. The Labute approximate surface area is 109 Å². The van der Waals surface area contributed by atoms with Crippen LogP contribution >= 0.6 is 0 Å². The van der Waals surface area contributed by atoms with Gasteiger partial charge in [-0.1, -0.05) is 12.1 Å². The molecule has 2 aromatic rings. The molecule has 0 unspecified atom stereocenters. The van der Waals surface area contributed by atoms with E-state index >= 15 is 0 Å². The Morgan fingerprint density at radius 2 is 2.06 bits per heavy atom. The van der Waals surface area contributed by atoms with Crippen molar-refractivity contribution in [3.8, 4) is 5.75 Å². The van der Waals surface area contributed by atoms with Crippen molar-refractivity contribution in [3.63, 3.8) is 0 Å². The molecule has 1 heterocycles. The maximum atomic E-state index is 5.85. The van der Waals surface area contributed by atoms with Gasteiger partial charge in [0.05, 0.1) is 12.5 Å². The van der Waals surface area contributed by atoms with Crippen LogP contribution in [0.4, 0.5) is 5.69 Å². The zero-order valence-corrected chi connectivity index (χ0v) is 11.8. The summed E-state index contributed by atoms with van der Waals surface area (Å²) in [5.41, 5.74) is 1.97. The van der Waals surface area contributed by atoms with E-state index in [9.17, 15) is 0 Å². The third-order valence-electron chi connectivity index (χ3n) is 2.38. The summed E-state index contributed by atoms with van der Waals surface area (Å²) >= 11 is 0. The number of hydrogen-bond acceptors (Lipinski definition) is 3. The highest BCUT2D eigenvalue weighted by molar-refractivity contribution is 6.49. The van der Waals surface area contributed by atoms with Gasteiger partial charge in [-0.05, 0) is 43.8 Å². The molecule has 0 amide bonds. The van der Waals surface area contributed by atoms with Crippen LogP contribution in [-0.4, -0.2) is 15.3 Å². The molecule has 4 heteroatoms. The highest BCUT2D eigenvalue weighted by Gasteiger charge is 2.08. The second-order valence-corrected chi connectivity index (χ2v) is 6.23. The van der Waals surface area contributed by atoms with Gasteiger partial charge in [0.15, 0.2) is 0 Å². The number of para-hydroxylation sites is 1. The van der Waals surface area contributed by atoms with Gasteiger partial charge in [0, 0.05) is 0 Å². The average molecular weight is 258 g/mol. The summed E-state index contributed by atoms with van der Waals surface area (Å²) in [4.78, 5) is 4.47. The van der Waals surface area contributed by atoms with Gasteiger partial charge in [0.25, 0.3) is 9.04 Å². The SMILES string of the molecule is Cc1cccc(O[Si](C)C)c1N=Cc1ccco1. The molecule has 1 aromatic heterocycles. The van der Waals surface area contributed by atoms with E-state index in [-0.39, 0.29) is 0 Å². The van der Waals surface area contributed by atoms with Crippen molar-refractivity contribution in [3.05, 3.63) is 47.9 Å². The summed E-state index contributed by atoms with van der Waals surface area (Å²) in [5.74, 6) is 1.58. The molecule has 1 radical (unpaired) electrons. The van der Waals surface area contributed by atoms with Gasteiger partial charge >= 0.3 is 0 Å². The normalized spacial score (nSPS) is 11.3. The third-order valence-corrected chi connectivity index (χ3v) is 3.01. The van der Waals surface area contributed by atoms with Crippen molar-refractivity contribution < 1.29 is 8.84 Å². The molecule has 1 aromatic carbocycles. The lowest BCUT2D eigenvalue weighted by atomic mass is 10.2. The minimum Gasteiger partial charge on any atom is -0.541 e. The van der Waals surface area contributed by atoms with Crippen LogP contribution in [0.5, 0.6) is 5.75 Å². The van der Waals surface area contributed by atoms with Crippen molar-refractivity contribution >= 4 is 20.9 Å². The van der Waals surface area contributed by atoms with E-state index in [0.29, 0.717) is 0 Å². The molecular formula is C14H16NO2Si. The quantitative estimate of drug-likeness (QED) is 0.614. The molecule has 0 saturated carbocycles. The van der Waals surface area contributed by atoms with Crippen LogP contribution in [0, 0.1) is 6.92 Å². The van der Waals surface area contributed by atoms with Gasteiger partial charge < -0.3 is 8.84 Å². The van der Waals surface area contributed by atoms with E-state index in [1.807, 2.05) is 37.3 Å². The zero-order valence-electron chi connectivity index (χ0n) is 10.8. The Balaban J connectivity index is 2.30. The molecule has 0 aliphatic carbocycles. The molecule has 0 atom stereocenters. The third kappa shape index (κ3) is 3.11. The molecule has 18 heavy (non-hydrogen) atoms. The van der Waals surface area contributed by atoms with Crippen molar-refractivity contribution in [2.75, 3.05) is 0 Å². The topological polar surface area (TPSA) is 34.7 Å². The first-order chi connectivity index (χ1) is 8.66. The molecule has 2 rings (SSSR count). The van der Waals surface area contributed by atoms with Crippen LogP contribution in [0.25, 0.3) is 0 Å². The predicted octanol–water partition coefficient (Wildman–Crippen LogP) is 3.97. The van der Waals surface area contributed by atoms with Gasteiger partial charge in [-0.25, -0.2) is 4.99 Å². The fraction of sp³-hybridized carbons (Fsp3) is 0.214. The highest BCUT2D eigenvalue weighted by atomic mass is 28.3. The van der Waals surface area contributed by atoms with E-state index in [1.54, 1.807) is 12.5 Å². The van der Waals surface area contributed by atoms with E-state index < -0.39 is 9.04 Å². The molecule has 0 spiro atoms. The van der Waals surface area contributed by atoms with E-state index in [0.717, 1.165) is 22.8 Å². The van der Waals surface area contributed by atoms with Gasteiger partial charge in [0.2, 0.25) is 0 Å². The molecule has 0 bridgehead atoms. The number of benzene rings is 1. The summed E-state index contributed by atoms with van der Waals surface area (Å²) in [7, 11) is -0.794. The van der Waals surface area contributed by atoms with Gasteiger partial charge in [-0.15, -0.1) is 0 Å². The molecular weight excluding hydrogens is 242 g/mol. The average Bonchev–Trinajstić information content (AvgIpc) is 2.80. The summed E-state index contributed by atoms with van der Waals surface area (Å²) in [6, 6.07) is 9.69. The minimum absolute atomic E-state index is 0.739. The Bertz CT molecular complexity index is 533. The van der Waals surface area contributed by atoms with Crippen LogP contribution in [0.1, 0.15) is 11.3 Å². The van der Waals surface area contributed by atoms with Crippen LogP contribution in [0.15, 0.2) is 46.0 Å². The van der Waals surface area contributed by atoms with Crippen LogP contribution in [-0.2, 0) is 0 Å². The first kappa shape index (κ1) is 12.6. The number of aryl methyl sites for hydroxylation is 1. The largest absolute Gasteiger partial charge is 0.541 e. The van der Waals surface area contributed by atoms with Crippen LogP contribution in [0.3, 0.4) is 0 Å². The molecule has 0 saturated heterocycles. The summed E-state index contributed by atoms with van der Waals surface area (Å²) < 4.78 is 11.1. The Morgan fingerprint density at radius 3 is 2.72 bits per heavy atom. The molecule has 3 nitrogen and oxygen atoms in total. The first-order valence-corrected chi connectivity index (χ1v) is 8.23. The highest BCUT2D eigenvalue weighted by Crippen LogP contribution is 2.31. The molecule has 0 aliphatic rings. The minimum atomic E-state index is -0.794. The van der Waals surface area contributed by atoms with Crippen molar-refractivity contribution in [2.24, 2.45) is 4.99 Å². The first-order valence-electron chi connectivity index (χ1n) is 5.82.